The van der Waals surface area contributed by atoms with Crippen LogP contribution < -0.4 is 15.2 Å². The molecule has 7 heteroatoms. The smallest absolute Gasteiger partial charge is 0.168 e. The summed E-state index contributed by atoms with van der Waals surface area (Å²) < 4.78 is 11.0. The molecule has 1 heterocycles. The van der Waals surface area contributed by atoms with Crippen LogP contribution in [0.2, 0.25) is 10.0 Å². The molecule has 0 radical (unpaired) electrons. The van der Waals surface area contributed by atoms with Crippen LogP contribution in [0.4, 0.5) is 5.82 Å². The number of nitrogens with zero attached hydrogens (tertiary/aromatic N) is 2. The van der Waals surface area contributed by atoms with Crippen molar-refractivity contribution in [3.8, 4) is 40.0 Å². The zero-order chi connectivity index (χ0) is 20.4. The third kappa shape index (κ3) is 3.33. The first-order chi connectivity index (χ1) is 13.4. The summed E-state index contributed by atoms with van der Waals surface area (Å²) in [6.45, 7) is 1.86. The van der Waals surface area contributed by atoms with Gasteiger partial charge in [-0.2, -0.15) is 5.26 Å². The molecule has 0 spiro atoms. The summed E-state index contributed by atoms with van der Waals surface area (Å²) in [5.41, 5.74) is 9.67. The SMILES string of the molecule is COc1cccc(-c2c(C)c(-c3ccc(Cl)cc3Cl)nc(N)c2C#N)c1OC. The maximum atomic E-state index is 9.74. The van der Waals surface area contributed by atoms with Gasteiger partial charge in [-0.1, -0.05) is 35.3 Å². The van der Waals surface area contributed by atoms with Crippen LogP contribution in [0, 0.1) is 18.3 Å². The van der Waals surface area contributed by atoms with Crippen molar-refractivity contribution in [1.82, 2.24) is 4.98 Å². The summed E-state index contributed by atoms with van der Waals surface area (Å²) >= 11 is 12.4. The fourth-order valence-corrected chi connectivity index (χ4v) is 3.67. The Hall–Kier alpha value is -2.94. The molecule has 0 saturated carbocycles. The number of benzene rings is 2. The number of methoxy groups -OCH3 is 2. The lowest BCUT2D eigenvalue weighted by molar-refractivity contribution is 0.356. The number of para-hydroxylation sites is 1. The van der Waals surface area contributed by atoms with Crippen LogP contribution >= 0.6 is 23.2 Å². The lowest BCUT2D eigenvalue weighted by Gasteiger charge is -2.19. The van der Waals surface area contributed by atoms with E-state index in [0.717, 1.165) is 5.56 Å². The first kappa shape index (κ1) is 19.8. The van der Waals surface area contributed by atoms with Gasteiger partial charge in [-0.05, 0) is 36.8 Å². The number of hydrogen-bond donors (Lipinski definition) is 1. The maximum absolute atomic E-state index is 9.74. The number of aromatic nitrogens is 1. The van der Waals surface area contributed by atoms with Gasteiger partial charge in [0.1, 0.15) is 17.5 Å². The summed E-state index contributed by atoms with van der Waals surface area (Å²) in [6.07, 6.45) is 0. The first-order valence-electron chi connectivity index (χ1n) is 8.29. The van der Waals surface area contributed by atoms with Crippen LogP contribution in [0.15, 0.2) is 36.4 Å². The third-order valence-electron chi connectivity index (χ3n) is 4.44. The van der Waals surface area contributed by atoms with E-state index in [1.807, 2.05) is 19.1 Å². The number of anilines is 1. The van der Waals surface area contributed by atoms with Gasteiger partial charge in [0.25, 0.3) is 0 Å². The summed E-state index contributed by atoms with van der Waals surface area (Å²) in [6, 6.07) is 12.7. The van der Waals surface area contributed by atoms with Crippen molar-refractivity contribution < 1.29 is 9.47 Å². The van der Waals surface area contributed by atoms with Crippen LogP contribution in [-0.4, -0.2) is 19.2 Å². The molecule has 3 rings (SSSR count). The van der Waals surface area contributed by atoms with Crippen molar-refractivity contribution in [3.63, 3.8) is 0 Å². The fraction of sp³-hybridized carbons (Fsp3) is 0.143. The van der Waals surface area contributed by atoms with Crippen molar-refractivity contribution in [3.05, 3.63) is 57.6 Å². The second-order valence-corrected chi connectivity index (χ2v) is 6.84. The number of nitrogen functional groups attached to an aromatic ring is 1. The van der Waals surface area contributed by atoms with Gasteiger partial charge in [0.05, 0.1) is 24.9 Å². The Morgan fingerprint density at radius 1 is 1.07 bits per heavy atom. The average molecular weight is 414 g/mol. The molecule has 0 aliphatic carbocycles. The lowest BCUT2D eigenvalue weighted by atomic mass is 9.92. The molecule has 0 saturated heterocycles. The molecule has 0 bridgehead atoms. The van der Waals surface area contributed by atoms with Gasteiger partial charge in [-0.25, -0.2) is 4.98 Å². The number of ether oxygens (including phenoxy) is 2. The molecule has 2 aromatic carbocycles. The highest BCUT2D eigenvalue weighted by atomic mass is 35.5. The summed E-state index contributed by atoms with van der Waals surface area (Å²) in [5, 5.41) is 10.7. The van der Waals surface area contributed by atoms with E-state index in [1.54, 1.807) is 38.5 Å². The van der Waals surface area contributed by atoms with E-state index in [9.17, 15) is 5.26 Å². The Morgan fingerprint density at radius 3 is 2.43 bits per heavy atom. The number of rotatable bonds is 4. The minimum atomic E-state index is 0.106. The fourth-order valence-electron chi connectivity index (χ4n) is 3.17. The van der Waals surface area contributed by atoms with E-state index in [2.05, 4.69) is 11.1 Å². The number of pyridine rings is 1. The van der Waals surface area contributed by atoms with Gasteiger partial charge < -0.3 is 15.2 Å². The molecule has 0 fully saturated rings. The Kier molecular flexibility index (Phi) is 5.64. The Balaban J connectivity index is 2.40. The molecular formula is C21H17Cl2N3O2. The number of halogens is 2. The maximum Gasteiger partial charge on any atom is 0.168 e. The normalized spacial score (nSPS) is 10.4. The second-order valence-electron chi connectivity index (χ2n) is 6.00. The minimum absolute atomic E-state index is 0.106. The standard InChI is InChI=1S/C21H17Cl2N3O2/c1-11-18(14-5-4-6-17(27-2)20(14)28-3)15(10-24)21(25)26-19(11)13-8-7-12(22)9-16(13)23/h4-9H,1-3H3,(H2,25,26). The molecule has 28 heavy (non-hydrogen) atoms. The molecule has 0 aliphatic heterocycles. The van der Waals surface area contributed by atoms with Crippen molar-refractivity contribution in [2.75, 3.05) is 20.0 Å². The van der Waals surface area contributed by atoms with Crippen LogP contribution in [0.5, 0.6) is 11.5 Å². The first-order valence-corrected chi connectivity index (χ1v) is 9.05. The van der Waals surface area contributed by atoms with Crippen molar-refractivity contribution in [2.45, 2.75) is 6.92 Å². The van der Waals surface area contributed by atoms with E-state index >= 15 is 0 Å². The predicted octanol–water partition coefficient (Wildman–Crippen LogP) is 5.50. The number of nitrogens with two attached hydrogens (primary N) is 1. The van der Waals surface area contributed by atoms with E-state index < -0.39 is 0 Å². The van der Waals surface area contributed by atoms with Crippen LogP contribution in [0.25, 0.3) is 22.4 Å². The van der Waals surface area contributed by atoms with Gasteiger partial charge in [0.2, 0.25) is 0 Å². The summed E-state index contributed by atoms with van der Waals surface area (Å²) in [4.78, 5) is 4.44. The molecule has 1 aromatic heterocycles. The molecule has 0 unspecified atom stereocenters. The van der Waals surface area contributed by atoms with Crippen molar-refractivity contribution in [2.24, 2.45) is 0 Å². The van der Waals surface area contributed by atoms with E-state index in [0.29, 0.717) is 43.9 Å². The second kappa shape index (κ2) is 7.97. The van der Waals surface area contributed by atoms with Gasteiger partial charge in [-0.15, -0.1) is 0 Å². The molecule has 5 nitrogen and oxygen atoms in total. The van der Waals surface area contributed by atoms with E-state index in [4.69, 9.17) is 38.4 Å². The predicted molar refractivity (Wildman–Crippen MR) is 112 cm³/mol. The summed E-state index contributed by atoms with van der Waals surface area (Å²) in [5.74, 6) is 1.15. The van der Waals surface area contributed by atoms with Gasteiger partial charge >= 0.3 is 0 Å². The lowest BCUT2D eigenvalue weighted by Crippen LogP contribution is -2.04. The molecule has 0 atom stereocenters. The topological polar surface area (TPSA) is 81.2 Å². The highest BCUT2D eigenvalue weighted by Gasteiger charge is 2.23. The monoisotopic (exact) mass is 413 g/mol. The van der Waals surface area contributed by atoms with Crippen LogP contribution in [0.1, 0.15) is 11.1 Å². The van der Waals surface area contributed by atoms with Gasteiger partial charge in [0.15, 0.2) is 11.5 Å². The molecule has 2 N–H and O–H groups in total. The van der Waals surface area contributed by atoms with Crippen molar-refractivity contribution >= 4 is 29.0 Å². The van der Waals surface area contributed by atoms with Gasteiger partial charge in [0, 0.05) is 21.7 Å². The quantitative estimate of drug-likeness (QED) is 0.610. The van der Waals surface area contributed by atoms with Crippen LogP contribution in [-0.2, 0) is 0 Å². The van der Waals surface area contributed by atoms with E-state index in [1.165, 1.54) is 0 Å². The zero-order valence-corrected chi connectivity index (χ0v) is 17.0. The minimum Gasteiger partial charge on any atom is -0.493 e. The Bertz CT molecular complexity index is 1110. The highest BCUT2D eigenvalue weighted by molar-refractivity contribution is 6.36. The number of hydrogen-bond acceptors (Lipinski definition) is 5. The van der Waals surface area contributed by atoms with Gasteiger partial charge in [-0.3, -0.25) is 0 Å². The molecular weight excluding hydrogens is 397 g/mol. The molecule has 142 valence electrons. The third-order valence-corrected chi connectivity index (χ3v) is 4.99. The number of nitriles is 1. The molecule has 0 amide bonds. The van der Waals surface area contributed by atoms with E-state index in [-0.39, 0.29) is 11.4 Å². The molecule has 0 aliphatic rings. The van der Waals surface area contributed by atoms with Crippen molar-refractivity contribution in [1.29, 1.82) is 5.26 Å². The Morgan fingerprint density at radius 2 is 1.82 bits per heavy atom. The average Bonchev–Trinajstić information content (AvgIpc) is 2.68. The molecule has 3 aromatic rings. The highest BCUT2D eigenvalue weighted by Crippen LogP contribution is 2.44. The largest absolute Gasteiger partial charge is 0.493 e. The zero-order valence-electron chi connectivity index (χ0n) is 15.5. The van der Waals surface area contributed by atoms with Crippen LogP contribution in [0.3, 0.4) is 0 Å². The Labute approximate surface area is 173 Å². The summed E-state index contributed by atoms with van der Waals surface area (Å²) in [7, 11) is 3.10.